The van der Waals surface area contributed by atoms with Crippen LogP contribution in [0.4, 0.5) is 5.69 Å². The molecule has 2 aromatic carbocycles. The molecule has 0 unspecified atom stereocenters. The fourth-order valence-electron chi connectivity index (χ4n) is 3.57. The number of hydrogen-bond acceptors (Lipinski definition) is 5. The number of fused-ring (bicyclic) bond motifs is 1. The SMILES string of the molecule is CCOc1ccccc1C(=O)NCC(=O)O[C@H](C)C(=O)N1c2ccccc2C[C@@H]1C. The lowest BCUT2D eigenvalue weighted by Gasteiger charge is -2.26. The number of amides is 2. The molecule has 0 saturated carbocycles. The van der Waals surface area contributed by atoms with Crippen LogP contribution in [-0.2, 0) is 20.7 Å². The van der Waals surface area contributed by atoms with Crippen LogP contribution in [0.2, 0.25) is 0 Å². The van der Waals surface area contributed by atoms with Crippen LogP contribution in [0.15, 0.2) is 48.5 Å². The Morgan fingerprint density at radius 2 is 1.83 bits per heavy atom. The molecule has 0 spiro atoms. The Balaban J connectivity index is 1.56. The number of nitrogens with zero attached hydrogens (tertiary/aromatic N) is 1. The molecular weight excluding hydrogens is 384 g/mol. The van der Waals surface area contributed by atoms with Gasteiger partial charge in [-0.1, -0.05) is 30.3 Å². The van der Waals surface area contributed by atoms with Crippen molar-refractivity contribution in [3.63, 3.8) is 0 Å². The molecule has 2 atom stereocenters. The van der Waals surface area contributed by atoms with E-state index in [2.05, 4.69) is 5.32 Å². The summed E-state index contributed by atoms with van der Waals surface area (Å²) in [5.74, 6) is -0.972. The lowest BCUT2D eigenvalue weighted by atomic mass is 10.1. The van der Waals surface area contributed by atoms with E-state index in [-0.39, 0.29) is 18.5 Å². The Bertz CT molecular complexity index is 943. The van der Waals surface area contributed by atoms with Gasteiger partial charge in [-0.05, 0) is 51.0 Å². The zero-order chi connectivity index (χ0) is 21.7. The first kappa shape index (κ1) is 21.4. The zero-order valence-corrected chi connectivity index (χ0v) is 17.4. The number of nitrogens with one attached hydrogen (secondary N) is 1. The monoisotopic (exact) mass is 410 g/mol. The van der Waals surface area contributed by atoms with Crippen LogP contribution in [0.3, 0.4) is 0 Å². The second kappa shape index (κ2) is 9.43. The Morgan fingerprint density at radius 3 is 2.60 bits per heavy atom. The second-order valence-electron chi connectivity index (χ2n) is 7.13. The average Bonchev–Trinajstić information content (AvgIpc) is 3.07. The largest absolute Gasteiger partial charge is 0.493 e. The molecule has 30 heavy (non-hydrogen) atoms. The summed E-state index contributed by atoms with van der Waals surface area (Å²) in [5.41, 5.74) is 2.27. The van der Waals surface area contributed by atoms with Gasteiger partial charge in [-0.15, -0.1) is 0 Å². The summed E-state index contributed by atoms with van der Waals surface area (Å²) in [6.07, 6.45) is -0.198. The van der Waals surface area contributed by atoms with Crippen molar-refractivity contribution >= 4 is 23.5 Å². The van der Waals surface area contributed by atoms with E-state index < -0.39 is 18.0 Å². The first-order valence-corrected chi connectivity index (χ1v) is 10.0. The van der Waals surface area contributed by atoms with E-state index in [1.807, 2.05) is 38.1 Å². The maximum Gasteiger partial charge on any atom is 0.326 e. The molecule has 0 bridgehead atoms. The van der Waals surface area contributed by atoms with Gasteiger partial charge in [0.15, 0.2) is 6.10 Å². The maximum absolute atomic E-state index is 12.9. The molecule has 0 aromatic heterocycles. The van der Waals surface area contributed by atoms with Gasteiger partial charge in [0, 0.05) is 11.7 Å². The minimum atomic E-state index is -0.960. The highest BCUT2D eigenvalue weighted by Gasteiger charge is 2.34. The molecule has 3 rings (SSSR count). The summed E-state index contributed by atoms with van der Waals surface area (Å²) < 4.78 is 10.7. The topological polar surface area (TPSA) is 84.9 Å². The number of esters is 1. The number of benzene rings is 2. The lowest BCUT2D eigenvalue weighted by molar-refractivity contribution is -0.152. The predicted molar refractivity (Wildman–Crippen MR) is 113 cm³/mol. The van der Waals surface area contributed by atoms with Gasteiger partial charge in [0.1, 0.15) is 12.3 Å². The third-order valence-electron chi connectivity index (χ3n) is 4.93. The summed E-state index contributed by atoms with van der Waals surface area (Å²) >= 11 is 0. The molecule has 158 valence electrons. The van der Waals surface area contributed by atoms with Gasteiger partial charge in [-0.3, -0.25) is 14.4 Å². The molecule has 0 saturated heterocycles. The number of ether oxygens (including phenoxy) is 2. The van der Waals surface area contributed by atoms with Crippen LogP contribution in [0, 0.1) is 0 Å². The molecule has 1 N–H and O–H groups in total. The van der Waals surface area contributed by atoms with Gasteiger partial charge in [0.25, 0.3) is 11.8 Å². The van der Waals surface area contributed by atoms with Crippen molar-refractivity contribution in [1.29, 1.82) is 0 Å². The Kier molecular flexibility index (Phi) is 6.72. The van der Waals surface area contributed by atoms with Gasteiger partial charge in [-0.25, -0.2) is 0 Å². The highest BCUT2D eigenvalue weighted by molar-refractivity contribution is 6.00. The van der Waals surface area contributed by atoms with Gasteiger partial charge in [-0.2, -0.15) is 0 Å². The molecule has 1 aliphatic heterocycles. The summed E-state index contributed by atoms with van der Waals surface area (Å²) in [7, 11) is 0. The summed E-state index contributed by atoms with van der Waals surface area (Å²) in [6, 6.07) is 14.5. The van der Waals surface area contributed by atoms with Crippen molar-refractivity contribution in [1.82, 2.24) is 5.32 Å². The number of rotatable bonds is 7. The average molecular weight is 410 g/mol. The van der Waals surface area contributed by atoms with Gasteiger partial charge < -0.3 is 19.7 Å². The van der Waals surface area contributed by atoms with E-state index >= 15 is 0 Å². The lowest BCUT2D eigenvalue weighted by Crippen LogP contribution is -2.44. The molecule has 0 fully saturated rings. The van der Waals surface area contributed by atoms with Crippen LogP contribution in [0.25, 0.3) is 0 Å². The van der Waals surface area contributed by atoms with Crippen LogP contribution >= 0.6 is 0 Å². The fourth-order valence-corrected chi connectivity index (χ4v) is 3.57. The normalized spacial score (nSPS) is 15.8. The van der Waals surface area contributed by atoms with E-state index in [1.54, 1.807) is 36.1 Å². The molecule has 1 heterocycles. The van der Waals surface area contributed by atoms with Crippen molar-refractivity contribution in [2.45, 2.75) is 39.3 Å². The summed E-state index contributed by atoms with van der Waals surface area (Å²) in [5, 5.41) is 2.52. The molecule has 0 aliphatic carbocycles. The third kappa shape index (κ3) is 4.62. The summed E-state index contributed by atoms with van der Waals surface area (Å²) in [4.78, 5) is 39.1. The second-order valence-corrected chi connectivity index (χ2v) is 7.13. The Labute approximate surface area is 176 Å². The van der Waals surface area contributed by atoms with Crippen LogP contribution < -0.4 is 15.0 Å². The highest BCUT2D eigenvalue weighted by atomic mass is 16.5. The van der Waals surface area contributed by atoms with E-state index in [9.17, 15) is 14.4 Å². The fraction of sp³-hybridized carbons (Fsp3) is 0.348. The Hall–Kier alpha value is -3.35. The predicted octanol–water partition coefficient (Wildman–Crippen LogP) is 2.72. The first-order chi connectivity index (χ1) is 14.4. The van der Waals surface area contributed by atoms with Crippen LogP contribution in [-0.4, -0.2) is 43.1 Å². The summed E-state index contributed by atoms with van der Waals surface area (Å²) in [6.45, 7) is 5.40. The van der Waals surface area contributed by atoms with Crippen LogP contribution in [0.1, 0.15) is 36.7 Å². The first-order valence-electron chi connectivity index (χ1n) is 10.0. The zero-order valence-electron chi connectivity index (χ0n) is 17.4. The van der Waals surface area contributed by atoms with E-state index in [1.165, 1.54) is 0 Å². The molecular formula is C23H26N2O5. The maximum atomic E-state index is 12.9. The molecule has 0 radical (unpaired) electrons. The molecule has 2 aromatic rings. The van der Waals surface area contributed by atoms with E-state index in [0.717, 1.165) is 17.7 Å². The van der Waals surface area contributed by atoms with Crippen molar-refractivity contribution in [3.8, 4) is 5.75 Å². The smallest absolute Gasteiger partial charge is 0.326 e. The van der Waals surface area contributed by atoms with Gasteiger partial charge in [0.05, 0.1) is 12.2 Å². The number of carbonyl (C=O) groups excluding carboxylic acids is 3. The number of para-hydroxylation sites is 2. The molecule has 7 nitrogen and oxygen atoms in total. The number of hydrogen-bond donors (Lipinski definition) is 1. The molecule has 1 aliphatic rings. The third-order valence-corrected chi connectivity index (χ3v) is 4.93. The van der Waals surface area contributed by atoms with Crippen molar-refractivity contribution in [3.05, 3.63) is 59.7 Å². The van der Waals surface area contributed by atoms with Crippen LogP contribution in [0.5, 0.6) is 5.75 Å². The highest BCUT2D eigenvalue weighted by Crippen LogP contribution is 2.32. The number of anilines is 1. The number of carbonyl (C=O) groups is 3. The van der Waals surface area contributed by atoms with E-state index in [0.29, 0.717) is 17.9 Å². The molecule has 2 amide bonds. The van der Waals surface area contributed by atoms with E-state index in [4.69, 9.17) is 9.47 Å². The standard InChI is InChI=1S/C23H26N2O5/c1-4-29-20-12-8-6-10-18(20)22(27)24-14-21(26)30-16(3)23(28)25-15(2)13-17-9-5-7-11-19(17)25/h5-12,15-16H,4,13-14H2,1-3H3,(H,24,27)/t15-,16+/m0/s1. The Morgan fingerprint density at radius 1 is 1.13 bits per heavy atom. The van der Waals surface area contributed by atoms with Gasteiger partial charge in [0.2, 0.25) is 0 Å². The quantitative estimate of drug-likeness (QED) is 0.710. The minimum Gasteiger partial charge on any atom is -0.493 e. The van der Waals surface area contributed by atoms with Crippen molar-refractivity contribution < 1.29 is 23.9 Å². The minimum absolute atomic E-state index is 0.00850. The van der Waals surface area contributed by atoms with Crippen molar-refractivity contribution in [2.24, 2.45) is 0 Å². The van der Waals surface area contributed by atoms with Gasteiger partial charge >= 0.3 is 5.97 Å². The van der Waals surface area contributed by atoms with Crippen molar-refractivity contribution in [2.75, 3.05) is 18.1 Å². The molecule has 7 heteroatoms.